The summed E-state index contributed by atoms with van der Waals surface area (Å²) in [5.74, 6) is 0.297. The molecule has 0 aliphatic rings. The lowest BCUT2D eigenvalue weighted by atomic mass is 10.5. The van der Waals surface area contributed by atoms with Crippen LogP contribution in [0.25, 0.3) is 0 Å². The first-order valence-electron chi connectivity index (χ1n) is 3.64. The predicted octanol–water partition coefficient (Wildman–Crippen LogP) is 0.778. The number of carbonyl (C=O) groups excluding carboxylic acids is 1. The molecule has 0 amide bonds. The number of aryl methyl sites for hydroxylation is 1. The van der Waals surface area contributed by atoms with Gasteiger partial charge in [0.15, 0.2) is 0 Å². The molecule has 66 valence electrons. The number of rotatable bonds is 1. The minimum Gasteiger partial charge on any atom is -0.448 e. The Labute approximate surface area is 70.1 Å². The number of nitrogens with zero attached hydrogens (tertiary/aromatic N) is 2. The van der Waals surface area contributed by atoms with Crippen molar-refractivity contribution in [2.75, 3.05) is 12.3 Å². The Bertz CT molecular complexity index is 293. The van der Waals surface area contributed by atoms with Gasteiger partial charge in [0.2, 0.25) is 0 Å². The van der Waals surface area contributed by atoms with Crippen LogP contribution in [0.4, 0.5) is 10.6 Å². The molecule has 2 N–H and O–H groups in total. The zero-order valence-corrected chi connectivity index (χ0v) is 7.07. The van der Waals surface area contributed by atoms with Gasteiger partial charge in [0, 0.05) is 6.07 Å². The van der Waals surface area contributed by atoms with Crippen LogP contribution in [0.2, 0.25) is 0 Å². The van der Waals surface area contributed by atoms with E-state index >= 15 is 0 Å². The third kappa shape index (κ3) is 1.55. The number of carbonyl (C=O) groups is 1. The minimum atomic E-state index is -0.539. The maximum atomic E-state index is 11.1. The zero-order chi connectivity index (χ0) is 9.14. The van der Waals surface area contributed by atoms with Crippen molar-refractivity contribution in [3.8, 4) is 0 Å². The Kier molecular flexibility index (Phi) is 2.32. The second-order valence-electron chi connectivity index (χ2n) is 2.32. The third-order valence-electron chi connectivity index (χ3n) is 1.30. The molecule has 1 aromatic rings. The number of nitrogens with two attached hydrogens (primary N) is 1. The molecule has 0 saturated carbocycles. The summed E-state index contributed by atoms with van der Waals surface area (Å²) in [7, 11) is 0. The Morgan fingerprint density at radius 2 is 2.50 bits per heavy atom. The molecule has 0 aromatic carbocycles. The molecule has 0 aliphatic carbocycles. The van der Waals surface area contributed by atoms with Crippen molar-refractivity contribution in [3.05, 3.63) is 11.8 Å². The molecule has 0 unspecified atom stereocenters. The smallest absolute Gasteiger partial charge is 0.436 e. The number of nitrogen functional groups attached to an aromatic ring is 1. The summed E-state index contributed by atoms with van der Waals surface area (Å²) >= 11 is 0. The molecular formula is C7H11N3O2. The van der Waals surface area contributed by atoms with Crippen molar-refractivity contribution >= 4 is 11.9 Å². The quantitative estimate of drug-likeness (QED) is 0.674. The fourth-order valence-electron chi connectivity index (χ4n) is 0.850. The molecule has 0 atom stereocenters. The monoisotopic (exact) mass is 169 g/mol. The molecule has 5 nitrogen and oxygen atoms in total. The molecule has 0 saturated heterocycles. The topological polar surface area (TPSA) is 70.1 Å². The normalized spacial score (nSPS) is 9.83. The van der Waals surface area contributed by atoms with Gasteiger partial charge in [-0.1, -0.05) is 0 Å². The highest BCUT2D eigenvalue weighted by Crippen LogP contribution is 2.05. The Balaban J connectivity index is 2.87. The number of anilines is 1. The summed E-state index contributed by atoms with van der Waals surface area (Å²) < 4.78 is 5.74. The lowest BCUT2D eigenvalue weighted by Gasteiger charge is -2.01. The molecule has 0 bridgehead atoms. The van der Waals surface area contributed by atoms with E-state index in [4.69, 9.17) is 10.5 Å². The van der Waals surface area contributed by atoms with Gasteiger partial charge in [0.1, 0.15) is 5.82 Å². The van der Waals surface area contributed by atoms with Gasteiger partial charge in [0.05, 0.1) is 12.3 Å². The van der Waals surface area contributed by atoms with Crippen LogP contribution in [-0.4, -0.2) is 22.5 Å². The minimum absolute atomic E-state index is 0.297. The summed E-state index contributed by atoms with van der Waals surface area (Å²) in [5, 5.41) is 3.85. The van der Waals surface area contributed by atoms with Gasteiger partial charge in [-0.25, -0.2) is 4.79 Å². The Morgan fingerprint density at radius 1 is 1.83 bits per heavy atom. The number of hydrogen-bond acceptors (Lipinski definition) is 4. The third-order valence-corrected chi connectivity index (χ3v) is 1.30. The maximum absolute atomic E-state index is 11.1. The van der Waals surface area contributed by atoms with Crippen LogP contribution in [0.15, 0.2) is 6.07 Å². The first-order valence-corrected chi connectivity index (χ1v) is 3.64. The molecule has 0 spiro atoms. The second kappa shape index (κ2) is 3.25. The fraction of sp³-hybridized carbons (Fsp3) is 0.429. The van der Waals surface area contributed by atoms with Crippen molar-refractivity contribution < 1.29 is 9.53 Å². The lowest BCUT2D eigenvalue weighted by molar-refractivity contribution is 0.151. The highest BCUT2D eigenvalue weighted by molar-refractivity contribution is 5.73. The van der Waals surface area contributed by atoms with Gasteiger partial charge >= 0.3 is 6.09 Å². The van der Waals surface area contributed by atoms with E-state index < -0.39 is 6.09 Å². The van der Waals surface area contributed by atoms with Crippen LogP contribution < -0.4 is 5.73 Å². The van der Waals surface area contributed by atoms with Crippen LogP contribution in [0.3, 0.4) is 0 Å². The SMILES string of the molecule is CCOC(=O)n1nc(C)cc1N. The summed E-state index contributed by atoms with van der Waals surface area (Å²) in [5.41, 5.74) is 6.17. The van der Waals surface area contributed by atoms with Crippen LogP contribution in [0, 0.1) is 6.92 Å². The van der Waals surface area contributed by atoms with Crippen LogP contribution >= 0.6 is 0 Å². The van der Waals surface area contributed by atoms with Crippen LogP contribution in [-0.2, 0) is 4.74 Å². The maximum Gasteiger partial charge on any atom is 0.436 e. The first kappa shape index (κ1) is 8.58. The summed E-state index contributed by atoms with van der Waals surface area (Å²) in [6.45, 7) is 3.80. The zero-order valence-electron chi connectivity index (χ0n) is 7.07. The van der Waals surface area contributed by atoms with E-state index in [1.807, 2.05) is 0 Å². The highest BCUT2D eigenvalue weighted by atomic mass is 16.6. The van der Waals surface area contributed by atoms with E-state index in [0.717, 1.165) is 4.68 Å². The van der Waals surface area contributed by atoms with Gasteiger partial charge in [-0.15, -0.1) is 4.68 Å². The first-order chi connectivity index (χ1) is 5.65. The molecule has 0 aliphatic heterocycles. The fourth-order valence-corrected chi connectivity index (χ4v) is 0.850. The summed E-state index contributed by atoms with van der Waals surface area (Å²) in [6.07, 6.45) is -0.539. The van der Waals surface area contributed by atoms with Crippen LogP contribution in [0.1, 0.15) is 12.6 Å². The average Bonchev–Trinajstić information content (AvgIpc) is 2.30. The van der Waals surface area contributed by atoms with Crippen molar-refractivity contribution in [2.45, 2.75) is 13.8 Å². The van der Waals surface area contributed by atoms with Crippen LogP contribution in [0.5, 0.6) is 0 Å². The standard InChI is InChI=1S/C7H11N3O2/c1-3-12-7(11)10-6(8)4-5(2)9-10/h4H,3,8H2,1-2H3. The van der Waals surface area contributed by atoms with Crippen molar-refractivity contribution in [1.29, 1.82) is 0 Å². The van der Waals surface area contributed by atoms with E-state index in [9.17, 15) is 4.79 Å². The van der Waals surface area contributed by atoms with Gasteiger partial charge in [-0.3, -0.25) is 0 Å². The number of hydrogen-bond donors (Lipinski definition) is 1. The number of aromatic nitrogens is 2. The molecular weight excluding hydrogens is 158 g/mol. The molecule has 0 fully saturated rings. The molecule has 12 heavy (non-hydrogen) atoms. The second-order valence-corrected chi connectivity index (χ2v) is 2.32. The molecule has 1 rings (SSSR count). The van der Waals surface area contributed by atoms with E-state index in [-0.39, 0.29) is 0 Å². The van der Waals surface area contributed by atoms with E-state index in [1.54, 1.807) is 19.9 Å². The lowest BCUT2D eigenvalue weighted by Crippen LogP contribution is -2.17. The van der Waals surface area contributed by atoms with E-state index in [1.165, 1.54) is 0 Å². The Hall–Kier alpha value is -1.52. The molecule has 0 radical (unpaired) electrons. The summed E-state index contributed by atoms with van der Waals surface area (Å²) in [6, 6.07) is 1.61. The number of ether oxygens (including phenoxy) is 1. The predicted molar refractivity (Wildman–Crippen MR) is 43.8 cm³/mol. The van der Waals surface area contributed by atoms with Gasteiger partial charge in [-0.05, 0) is 13.8 Å². The average molecular weight is 169 g/mol. The Morgan fingerprint density at radius 3 is 2.92 bits per heavy atom. The van der Waals surface area contributed by atoms with Gasteiger partial charge in [-0.2, -0.15) is 5.10 Å². The highest BCUT2D eigenvalue weighted by Gasteiger charge is 2.10. The van der Waals surface area contributed by atoms with Crippen molar-refractivity contribution in [1.82, 2.24) is 9.78 Å². The van der Waals surface area contributed by atoms with Gasteiger partial charge in [0.25, 0.3) is 0 Å². The van der Waals surface area contributed by atoms with E-state index in [0.29, 0.717) is 18.1 Å². The van der Waals surface area contributed by atoms with E-state index in [2.05, 4.69) is 5.10 Å². The summed E-state index contributed by atoms with van der Waals surface area (Å²) in [4.78, 5) is 11.1. The molecule has 1 aromatic heterocycles. The molecule has 5 heteroatoms. The van der Waals surface area contributed by atoms with Gasteiger partial charge < -0.3 is 10.5 Å². The van der Waals surface area contributed by atoms with Crippen molar-refractivity contribution in [3.63, 3.8) is 0 Å². The van der Waals surface area contributed by atoms with Crippen molar-refractivity contribution in [2.24, 2.45) is 0 Å². The largest absolute Gasteiger partial charge is 0.448 e. The molecule has 1 heterocycles.